The number of fused-ring (bicyclic) bond motifs is 1. The normalized spacial score (nSPS) is 30.3. The van der Waals surface area contributed by atoms with Crippen LogP contribution >= 0.6 is 0 Å². The molecule has 0 saturated heterocycles. The number of aromatic nitrogens is 2. The molecule has 1 aromatic rings. The third kappa shape index (κ3) is 1.84. The second-order valence-electron chi connectivity index (χ2n) is 5.31. The smallest absolute Gasteiger partial charge is 0.115 e. The maximum Gasteiger partial charge on any atom is 0.115 e. The van der Waals surface area contributed by atoms with Crippen molar-refractivity contribution in [1.29, 1.82) is 0 Å². The third-order valence-electron chi connectivity index (χ3n) is 4.11. The maximum atomic E-state index is 4.37. The molecule has 0 N–H and O–H groups in total. The monoisotopic (exact) mass is 217 g/mol. The zero-order chi connectivity index (χ0) is 11.0. The standard InChI is InChI=1S/C13H19N3/c1-10-2-4-12(5-3-10)16-7-11-6-14-9-15-13(11)8-16/h6,9-10,12H,2-5,7-8H2,1H3. The molecule has 0 radical (unpaired) electrons. The number of rotatable bonds is 1. The van der Waals surface area contributed by atoms with Gasteiger partial charge in [0.2, 0.25) is 0 Å². The fourth-order valence-electron chi connectivity index (χ4n) is 2.99. The molecule has 3 rings (SSSR count). The van der Waals surface area contributed by atoms with Gasteiger partial charge in [0.25, 0.3) is 0 Å². The zero-order valence-electron chi connectivity index (χ0n) is 9.89. The minimum Gasteiger partial charge on any atom is -0.290 e. The zero-order valence-corrected chi connectivity index (χ0v) is 9.89. The van der Waals surface area contributed by atoms with Crippen LogP contribution in [0.15, 0.2) is 12.5 Å². The molecular weight excluding hydrogens is 198 g/mol. The van der Waals surface area contributed by atoms with E-state index in [-0.39, 0.29) is 0 Å². The first-order chi connectivity index (χ1) is 7.83. The van der Waals surface area contributed by atoms with Crippen molar-refractivity contribution in [3.05, 3.63) is 23.8 Å². The van der Waals surface area contributed by atoms with E-state index in [1.807, 2.05) is 6.20 Å². The lowest BCUT2D eigenvalue weighted by molar-refractivity contribution is 0.139. The molecule has 86 valence electrons. The van der Waals surface area contributed by atoms with Crippen molar-refractivity contribution in [3.8, 4) is 0 Å². The van der Waals surface area contributed by atoms with E-state index < -0.39 is 0 Å². The Kier molecular flexibility index (Phi) is 2.64. The molecule has 0 amide bonds. The van der Waals surface area contributed by atoms with Gasteiger partial charge in [-0.25, -0.2) is 9.97 Å². The van der Waals surface area contributed by atoms with Crippen LogP contribution in [0.3, 0.4) is 0 Å². The molecule has 1 saturated carbocycles. The van der Waals surface area contributed by atoms with Gasteiger partial charge in [-0.15, -0.1) is 0 Å². The van der Waals surface area contributed by atoms with Gasteiger partial charge < -0.3 is 0 Å². The first kappa shape index (κ1) is 10.2. The Morgan fingerprint density at radius 2 is 2.00 bits per heavy atom. The largest absolute Gasteiger partial charge is 0.290 e. The second kappa shape index (κ2) is 4.13. The maximum absolute atomic E-state index is 4.37. The van der Waals surface area contributed by atoms with Gasteiger partial charge in [0.05, 0.1) is 5.69 Å². The van der Waals surface area contributed by atoms with Crippen LogP contribution in [0.4, 0.5) is 0 Å². The molecule has 0 unspecified atom stereocenters. The summed E-state index contributed by atoms with van der Waals surface area (Å²) in [5.41, 5.74) is 2.58. The molecule has 3 heteroatoms. The van der Waals surface area contributed by atoms with Crippen molar-refractivity contribution in [2.24, 2.45) is 5.92 Å². The van der Waals surface area contributed by atoms with Crippen LogP contribution < -0.4 is 0 Å². The summed E-state index contributed by atoms with van der Waals surface area (Å²) < 4.78 is 0. The van der Waals surface area contributed by atoms with Gasteiger partial charge in [-0.3, -0.25) is 4.90 Å². The number of nitrogens with zero attached hydrogens (tertiary/aromatic N) is 3. The van der Waals surface area contributed by atoms with Crippen molar-refractivity contribution in [1.82, 2.24) is 14.9 Å². The lowest BCUT2D eigenvalue weighted by Gasteiger charge is -2.33. The molecule has 3 nitrogen and oxygen atoms in total. The molecule has 1 aliphatic heterocycles. The van der Waals surface area contributed by atoms with Gasteiger partial charge in [-0.1, -0.05) is 6.92 Å². The lowest BCUT2D eigenvalue weighted by Crippen LogP contribution is -2.33. The molecule has 16 heavy (non-hydrogen) atoms. The third-order valence-corrected chi connectivity index (χ3v) is 4.11. The second-order valence-corrected chi connectivity index (χ2v) is 5.31. The summed E-state index contributed by atoms with van der Waals surface area (Å²) in [6, 6.07) is 0.783. The van der Waals surface area contributed by atoms with Crippen molar-refractivity contribution in [2.45, 2.75) is 51.7 Å². The van der Waals surface area contributed by atoms with Crippen molar-refractivity contribution in [3.63, 3.8) is 0 Å². The van der Waals surface area contributed by atoms with E-state index in [1.54, 1.807) is 6.33 Å². The minimum absolute atomic E-state index is 0.783. The van der Waals surface area contributed by atoms with Crippen molar-refractivity contribution in [2.75, 3.05) is 0 Å². The fraction of sp³-hybridized carbons (Fsp3) is 0.692. The molecule has 2 heterocycles. The van der Waals surface area contributed by atoms with E-state index in [9.17, 15) is 0 Å². The van der Waals surface area contributed by atoms with Crippen LogP contribution in [0.2, 0.25) is 0 Å². The predicted molar refractivity (Wildman–Crippen MR) is 62.7 cm³/mol. The van der Waals surface area contributed by atoms with Crippen LogP contribution in [0.5, 0.6) is 0 Å². The van der Waals surface area contributed by atoms with E-state index in [0.29, 0.717) is 0 Å². The Morgan fingerprint density at radius 3 is 2.75 bits per heavy atom. The molecule has 1 fully saturated rings. The van der Waals surface area contributed by atoms with Gasteiger partial charge in [0, 0.05) is 30.9 Å². The van der Waals surface area contributed by atoms with Crippen LogP contribution in [-0.2, 0) is 13.1 Å². The van der Waals surface area contributed by atoms with Crippen LogP contribution in [0.1, 0.15) is 43.9 Å². The molecule has 1 aromatic heterocycles. The summed E-state index contributed by atoms with van der Waals surface area (Å²) >= 11 is 0. The Labute approximate surface area is 96.9 Å². The van der Waals surface area contributed by atoms with Gasteiger partial charge in [-0.05, 0) is 31.6 Å². The summed E-state index contributed by atoms with van der Waals surface area (Å²) in [7, 11) is 0. The molecule has 1 aliphatic carbocycles. The fourth-order valence-corrected chi connectivity index (χ4v) is 2.99. The van der Waals surface area contributed by atoms with Gasteiger partial charge in [0.1, 0.15) is 6.33 Å². The molecule has 0 aromatic carbocycles. The van der Waals surface area contributed by atoms with Crippen molar-refractivity contribution < 1.29 is 0 Å². The van der Waals surface area contributed by atoms with E-state index >= 15 is 0 Å². The first-order valence-corrected chi connectivity index (χ1v) is 6.34. The van der Waals surface area contributed by atoms with Gasteiger partial charge >= 0.3 is 0 Å². The molecule has 2 aliphatic rings. The summed E-state index contributed by atoms with van der Waals surface area (Å²) in [5.74, 6) is 0.932. The SMILES string of the molecule is CC1CCC(N2Cc3cncnc3C2)CC1. The summed E-state index contributed by atoms with van der Waals surface area (Å²) in [4.78, 5) is 11.1. The molecule has 0 bridgehead atoms. The quantitative estimate of drug-likeness (QED) is 0.723. The van der Waals surface area contributed by atoms with Crippen molar-refractivity contribution >= 4 is 0 Å². The summed E-state index contributed by atoms with van der Waals surface area (Å²) in [6.07, 6.45) is 9.16. The minimum atomic E-state index is 0.783. The number of hydrogen-bond acceptors (Lipinski definition) is 3. The van der Waals surface area contributed by atoms with E-state index in [4.69, 9.17) is 0 Å². The van der Waals surface area contributed by atoms with Crippen LogP contribution in [-0.4, -0.2) is 20.9 Å². The highest BCUT2D eigenvalue weighted by Crippen LogP contribution is 2.31. The average molecular weight is 217 g/mol. The Hall–Kier alpha value is -0.960. The Bertz CT molecular complexity index is 344. The summed E-state index contributed by atoms with van der Waals surface area (Å²) in [6.45, 7) is 4.48. The molecular formula is C13H19N3. The van der Waals surface area contributed by atoms with Crippen LogP contribution in [0.25, 0.3) is 0 Å². The van der Waals surface area contributed by atoms with Gasteiger partial charge in [0.15, 0.2) is 0 Å². The highest BCUT2D eigenvalue weighted by atomic mass is 15.2. The molecule has 0 atom stereocenters. The summed E-state index contributed by atoms with van der Waals surface area (Å²) in [5, 5.41) is 0. The topological polar surface area (TPSA) is 29.0 Å². The van der Waals surface area contributed by atoms with E-state index in [2.05, 4.69) is 21.8 Å². The highest BCUT2D eigenvalue weighted by molar-refractivity contribution is 5.20. The Balaban J connectivity index is 1.67. The van der Waals surface area contributed by atoms with E-state index in [1.165, 1.54) is 36.9 Å². The average Bonchev–Trinajstić information content (AvgIpc) is 2.73. The predicted octanol–water partition coefficient (Wildman–Crippen LogP) is 2.37. The highest BCUT2D eigenvalue weighted by Gasteiger charge is 2.29. The lowest BCUT2D eigenvalue weighted by atomic mass is 9.87. The Morgan fingerprint density at radius 1 is 1.19 bits per heavy atom. The number of hydrogen-bond donors (Lipinski definition) is 0. The molecule has 0 spiro atoms. The first-order valence-electron chi connectivity index (χ1n) is 6.34. The van der Waals surface area contributed by atoms with Gasteiger partial charge in [-0.2, -0.15) is 0 Å². The van der Waals surface area contributed by atoms with E-state index in [0.717, 1.165) is 25.0 Å². The van der Waals surface area contributed by atoms with Crippen LogP contribution in [0, 0.1) is 5.92 Å².